The van der Waals surface area contributed by atoms with Gasteiger partial charge >= 0.3 is 5.97 Å². The molecule has 0 aromatic heterocycles. The first kappa shape index (κ1) is 12.9. The van der Waals surface area contributed by atoms with Gasteiger partial charge in [-0.3, -0.25) is 4.90 Å². The number of likely N-dealkylation sites (tertiary alicyclic amines) is 1. The number of nitrogens with zero attached hydrogens (tertiary/aromatic N) is 1. The van der Waals surface area contributed by atoms with Gasteiger partial charge < -0.3 is 10.2 Å². The Morgan fingerprint density at radius 3 is 2.39 bits per heavy atom. The Morgan fingerprint density at radius 2 is 1.83 bits per heavy atom. The molecule has 18 heavy (non-hydrogen) atoms. The van der Waals surface area contributed by atoms with E-state index in [2.05, 4.69) is 4.90 Å². The second kappa shape index (κ2) is 5.87. The SMILES string of the molecule is O=C(O)c1ccc(CN2CCCCCC2)c(O)c1. The molecule has 1 heterocycles. The monoisotopic (exact) mass is 249 g/mol. The van der Waals surface area contributed by atoms with Crippen LogP contribution in [-0.4, -0.2) is 34.2 Å². The third-order valence-corrected chi connectivity index (χ3v) is 3.42. The van der Waals surface area contributed by atoms with Gasteiger partial charge in [0.15, 0.2) is 0 Å². The Labute approximate surface area is 107 Å². The van der Waals surface area contributed by atoms with E-state index < -0.39 is 5.97 Å². The summed E-state index contributed by atoms with van der Waals surface area (Å²) < 4.78 is 0. The predicted octanol–water partition coefficient (Wildman–Crippen LogP) is 2.47. The summed E-state index contributed by atoms with van der Waals surface area (Å²) >= 11 is 0. The van der Waals surface area contributed by atoms with Gasteiger partial charge in [-0.25, -0.2) is 4.79 Å². The summed E-state index contributed by atoms with van der Waals surface area (Å²) in [6.45, 7) is 2.81. The van der Waals surface area contributed by atoms with E-state index in [1.54, 1.807) is 12.1 Å². The molecule has 0 aliphatic carbocycles. The van der Waals surface area contributed by atoms with Crippen LogP contribution in [0.2, 0.25) is 0 Å². The molecule has 0 amide bonds. The minimum atomic E-state index is -1.01. The summed E-state index contributed by atoms with van der Waals surface area (Å²) in [5.41, 5.74) is 0.939. The number of phenolic OH excluding ortho intramolecular Hbond substituents is 1. The Hall–Kier alpha value is -1.55. The van der Waals surface area contributed by atoms with Crippen LogP contribution in [0.15, 0.2) is 18.2 Å². The second-order valence-electron chi connectivity index (χ2n) is 4.84. The summed E-state index contributed by atoms with van der Waals surface area (Å²) in [6, 6.07) is 4.59. The molecule has 0 bridgehead atoms. The average molecular weight is 249 g/mol. The van der Waals surface area contributed by atoms with Crippen molar-refractivity contribution in [3.05, 3.63) is 29.3 Å². The van der Waals surface area contributed by atoms with Crippen LogP contribution in [0.5, 0.6) is 5.75 Å². The number of carboxylic acids is 1. The highest BCUT2D eigenvalue weighted by atomic mass is 16.4. The molecule has 1 aromatic rings. The van der Waals surface area contributed by atoms with E-state index in [0.717, 1.165) is 18.7 Å². The third-order valence-electron chi connectivity index (χ3n) is 3.42. The number of aromatic hydroxyl groups is 1. The molecule has 0 saturated carbocycles. The minimum Gasteiger partial charge on any atom is -0.508 e. The molecular formula is C14H19NO3. The molecule has 1 saturated heterocycles. The molecule has 2 N–H and O–H groups in total. The maximum atomic E-state index is 10.8. The first-order chi connectivity index (χ1) is 8.66. The van der Waals surface area contributed by atoms with Gasteiger partial charge in [0.1, 0.15) is 5.75 Å². The largest absolute Gasteiger partial charge is 0.508 e. The van der Waals surface area contributed by atoms with Crippen LogP contribution in [0.1, 0.15) is 41.6 Å². The molecule has 1 fully saturated rings. The fourth-order valence-electron chi connectivity index (χ4n) is 2.37. The van der Waals surface area contributed by atoms with Crippen LogP contribution in [-0.2, 0) is 6.54 Å². The number of carboxylic acid groups (broad SMARTS) is 1. The quantitative estimate of drug-likeness (QED) is 0.864. The van der Waals surface area contributed by atoms with Crippen molar-refractivity contribution in [3.8, 4) is 5.75 Å². The van der Waals surface area contributed by atoms with Crippen LogP contribution >= 0.6 is 0 Å². The molecule has 4 nitrogen and oxygen atoms in total. The van der Waals surface area contributed by atoms with E-state index in [-0.39, 0.29) is 11.3 Å². The molecular weight excluding hydrogens is 230 g/mol. The van der Waals surface area contributed by atoms with Crippen LogP contribution in [0.3, 0.4) is 0 Å². The minimum absolute atomic E-state index is 0.0825. The van der Waals surface area contributed by atoms with Gasteiger partial charge in [0.05, 0.1) is 5.56 Å². The van der Waals surface area contributed by atoms with Crippen molar-refractivity contribution < 1.29 is 15.0 Å². The second-order valence-corrected chi connectivity index (χ2v) is 4.84. The van der Waals surface area contributed by atoms with Crippen LogP contribution in [0.4, 0.5) is 0 Å². The van der Waals surface area contributed by atoms with E-state index in [9.17, 15) is 9.90 Å². The smallest absolute Gasteiger partial charge is 0.335 e. The first-order valence-electron chi connectivity index (χ1n) is 6.44. The van der Waals surface area contributed by atoms with Gasteiger partial charge in [-0.2, -0.15) is 0 Å². The van der Waals surface area contributed by atoms with Crippen molar-refractivity contribution >= 4 is 5.97 Å². The van der Waals surface area contributed by atoms with E-state index in [1.165, 1.54) is 31.7 Å². The topological polar surface area (TPSA) is 60.8 Å². The van der Waals surface area contributed by atoms with Gasteiger partial charge in [-0.05, 0) is 38.1 Å². The van der Waals surface area contributed by atoms with Crippen molar-refractivity contribution in [2.75, 3.05) is 13.1 Å². The van der Waals surface area contributed by atoms with E-state index in [1.807, 2.05) is 0 Å². The van der Waals surface area contributed by atoms with E-state index >= 15 is 0 Å². The Morgan fingerprint density at radius 1 is 1.17 bits per heavy atom. The lowest BCUT2D eigenvalue weighted by Crippen LogP contribution is -2.24. The van der Waals surface area contributed by atoms with Gasteiger partial charge in [0.2, 0.25) is 0 Å². The zero-order valence-electron chi connectivity index (χ0n) is 10.4. The van der Waals surface area contributed by atoms with Crippen molar-refractivity contribution in [2.24, 2.45) is 0 Å². The molecule has 0 radical (unpaired) electrons. The highest BCUT2D eigenvalue weighted by molar-refractivity contribution is 5.88. The van der Waals surface area contributed by atoms with Gasteiger partial charge in [0.25, 0.3) is 0 Å². The lowest BCUT2D eigenvalue weighted by atomic mass is 10.1. The molecule has 1 aromatic carbocycles. The predicted molar refractivity (Wildman–Crippen MR) is 68.8 cm³/mol. The normalized spacial score (nSPS) is 17.3. The lowest BCUT2D eigenvalue weighted by molar-refractivity contribution is 0.0696. The average Bonchev–Trinajstić information content (AvgIpc) is 2.60. The zero-order valence-corrected chi connectivity index (χ0v) is 10.4. The summed E-state index contributed by atoms with van der Waals surface area (Å²) in [5, 5.41) is 18.7. The molecule has 4 heteroatoms. The number of hydrogen-bond acceptors (Lipinski definition) is 3. The third kappa shape index (κ3) is 3.23. The van der Waals surface area contributed by atoms with Crippen molar-refractivity contribution in [2.45, 2.75) is 32.2 Å². The van der Waals surface area contributed by atoms with E-state index in [4.69, 9.17) is 5.11 Å². The van der Waals surface area contributed by atoms with Crippen molar-refractivity contribution in [3.63, 3.8) is 0 Å². The molecule has 98 valence electrons. The lowest BCUT2D eigenvalue weighted by Gasteiger charge is -2.20. The Kier molecular flexibility index (Phi) is 4.20. The van der Waals surface area contributed by atoms with Crippen molar-refractivity contribution in [1.82, 2.24) is 4.90 Å². The van der Waals surface area contributed by atoms with Gasteiger partial charge in [0, 0.05) is 12.1 Å². The summed E-state index contributed by atoms with van der Waals surface area (Å²) in [4.78, 5) is 13.1. The zero-order chi connectivity index (χ0) is 13.0. The number of benzene rings is 1. The number of phenols is 1. The fourth-order valence-corrected chi connectivity index (χ4v) is 2.37. The maximum Gasteiger partial charge on any atom is 0.335 e. The standard InChI is InChI=1S/C14H19NO3/c16-13-9-11(14(17)18)5-6-12(13)10-15-7-3-1-2-4-8-15/h5-6,9,16H,1-4,7-8,10H2,(H,17,18). The van der Waals surface area contributed by atoms with Gasteiger partial charge in [-0.15, -0.1) is 0 Å². The highest BCUT2D eigenvalue weighted by Crippen LogP contribution is 2.22. The Bertz CT molecular complexity index is 423. The maximum absolute atomic E-state index is 10.8. The van der Waals surface area contributed by atoms with Crippen LogP contribution in [0, 0.1) is 0 Å². The molecule has 0 atom stereocenters. The molecule has 2 rings (SSSR count). The molecule has 0 unspecified atom stereocenters. The number of aromatic carboxylic acids is 1. The van der Waals surface area contributed by atoms with Gasteiger partial charge in [-0.1, -0.05) is 18.9 Å². The van der Waals surface area contributed by atoms with Crippen LogP contribution in [0.25, 0.3) is 0 Å². The van der Waals surface area contributed by atoms with Crippen LogP contribution < -0.4 is 0 Å². The highest BCUT2D eigenvalue weighted by Gasteiger charge is 2.13. The molecule has 0 spiro atoms. The fraction of sp³-hybridized carbons (Fsp3) is 0.500. The number of carbonyl (C=O) groups is 1. The summed E-state index contributed by atoms with van der Waals surface area (Å²) in [6.07, 6.45) is 4.96. The molecule has 1 aliphatic heterocycles. The number of hydrogen-bond donors (Lipinski definition) is 2. The summed E-state index contributed by atoms with van der Waals surface area (Å²) in [7, 11) is 0. The van der Waals surface area contributed by atoms with Crippen molar-refractivity contribution in [1.29, 1.82) is 0 Å². The first-order valence-corrected chi connectivity index (χ1v) is 6.44. The molecule has 1 aliphatic rings. The number of rotatable bonds is 3. The Balaban J connectivity index is 2.06. The van der Waals surface area contributed by atoms with E-state index in [0.29, 0.717) is 6.54 Å². The summed E-state index contributed by atoms with van der Waals surface area (Å²) in [5.74, 6) is -0.925.